The summed E-state index contributed by atoms with van der Waals surface area (Å²) in [5.74, 6) is 1.26. The van der Waals surface area contributed by atoms with Crippen LogP contribution in [0.25, 0.3) is 22.2 Å². The molecule has 1 amide bonds. The summed E-state index contributed by atoms with van der Waals surface area (Å²) in [5.41, 5.74) is 3.83. The number of pyridine rings is 1. The fourth-order valence-corrected chi connectivity index (χ4v) is 5.06. The maximum atomic E-state index is 13.7. The lowest BCUT2D eigenvalue weighted by Crippen LogP contribution is -2.40. The van der Waals surface area contributed by atoms with Gasteiger partial charge in [0.2, 0.25) is 0 Å². The van der Waals surface area contributed by atoms with E-state index in [4.69, 9.17) is 14.5 Å². The largest absolute Gasteiger partial charge is 0.486 e. The SMILES string of the molecule is O=C(c1ccc2c(c1)OCCO2)C1CCN(C(=O)c2cc(-c3ccccc3)nc3ccccc23)CC1. The molecule has 0 saturated carbocycles. The highest BCUT2D eigenvalue weighted by Gasteiger charge is 2.30. The molecule has 2 aliphatic rings. The summed E-state index contributed by atoms with van der Waals surface area (Å²) >= 11 is 0. The van der Waals surface area contributed by atoms with Crippen LogP contribution in [0.2, 0.25) is 0 Å². The lowest BCUT2D eigenvalue weighted by Gasteiger charge is -2.32. The lowest BCUT2D eigenvalue weighted by atomic mass is 9.88. The maximum absolute atomic E-state index is 13.7. The zero-order valence-corrected chi connectivity index (χ0v) is 19.9. The van der Waals surface area contributed by atoms with Crippen LogP contribution < -0.4 is 9.47 Å². The van der Waals surface area contributed by atoms with Crippen molar-refractivity contribution in [2.75, 3.05) is 26.3 Å². The standard InChI is InChI=1S/C30H26N2O4/c33-29(22-10-11-27-28(18-22)36-17-16-35-27)21-12-14-32(15-13-21)30(34)24-19-26(20-6-2-1-3-7-20)31-25-9-5-4-8-23(24)25/h1-11,18-19,21H,12-17H2. The van der Waals surface area contributed by atoms with Crippen molar-refractivity contribution in [1.29, 1.82) is 0 Å². The van der Waals surface area contributed by atoms with Crippen molar-refractivity contribution in [3.63, 3.8) is 0 Å². The predicted molar refractivity (Wildman–Crippen MR) is 138 cm³/mol. The average molecular weight is 479 g/mol. The number of carbonyl (C=O) groups excluding carboxylic acids is 2. The molecule has 0 aliphatic carbocycles. The van der Waals surface area contributed by atoms with Crippen LogP contribution in [-0.4, -0.2) is 47.9 Å². The first-order valence-electron chi connectivity index (χ1n) is 12.4. The van der Waals surface area contributed by atoms with Gasteiger partial charge in [0, 0.05) is 35.5 Å². The third kappa shape index (κ3) is 4.19. The summed E-state index contributed by atoms with van der Waals surface area (Å²) in [5, 5.41) is 0.844. The third-order valence-corrected chi connectivity index (χ3v) is 7.00. The van der Waals surface area contributed by atoms with Gasteiger partial charge in [0.1, 0.15) is 13.2 Å². The number of Topliss-reactive ketones (excluding diaryl/α,β-unsaturated/α-hetero) is 1. The van der Waals surface area contributed by atoms with E-state index in [-0.39, 0.29) is 17.6 Å². The van der Waals surface area contributed by atoms with Gasteiger partial charge in [-0.3, -0.25) is 9.59 Å². The van der Waals surface area contributed by atoms with Crippen LogP contribution in [0.3, 0.4) is 0 Å². The number of para-hydroxylation sites is 1. The van der Waals surface area contributed by atoms with Crippen molar-refractivity contribution in [3.05, 3.63) is 90.0 Å². The van der Waals surface area contributed by atoms with Crippen molar-refractivity contribution in [1.82, 2.24) is 9.88 Å². The van der Waals surface area contributed by atoms with E-state index in [1.807, 2.05) is 71.6 Å². The van der Waals surface area contributed by atoms with Crippen LogP contribution >= 0.6 is 0 Å². The summed E-state index contributed by atoms with van der Waals surface area (Å²) in [6.45, 7) is 2.08. The Hall–Kier alpha value is -4.19. The predicted octanol–water partition coefficient (Wildman–Crippen LogP) is 5.41. The minimum atomic E-state index is -0.120. The minimum Gasteiger partial charge on any atom is -0.486 e. The second-order valence-corrected chi connectivity index (χ2v) is 9.23. The van der Waals surface area contributed by atoms with E-state index in [1.165, 1.54) is 0 Å². The number of fused-ring (bicyclic) bond motifs is 2. The molecule has 36 heavy (non-hydrogen) atoms. The number of ether oxygens (including phenoxy) is 2. The lowest BCUT2D eigenvalue weighted by molar-refractivity contribution is 0.0651. The van der Waals surface area contributed by atoms with E-state index in [9.17, 15) is 9.59 Å². The van der Waals surface area contributed by atoms with Gasteiger partial charge < -0.3 is 14.4 Å². The number of hydrogen-bond acceptors (Lipinski definition) is 5. The Morgan fingerprint density at radius 1 is 0.806 bits per heavy atom. The van der Waals surface area contributed by atoms with E-state index < -0.39 is 0 Å². The molecular formula is C30H26N2O4. The molecule has 1 fully saturated rings. The van der Waals surface area contributed by atoms with Gasteiger partial charge >= 0.3 is 0 Å². The molecule has 1 aromatic heterocycles. The van der Waals surface area contributed by atoms with Gasteiger partial charge in [0.05, 0.1) is 16.8 Å². The Kier molecular flexibility index (Phi) is 5.85. The summed E-state index contributed by atoms with van der Waals surface area (Å²) in [6, 6.07) is 25.0. The molecule has 0 spiro atoms. The molecule has 6 nitrogen and oxygen atoms in total. The first kappa shape index (κ1) is 22.3. The highest BCUT2D eigenvalue weighted by molar-refractivity contribution is 6.07. The second kappa shape index (κ2) is 9.46. The molecule has 0 unspecified atom stereocenters. The number of nitrogens with zero attached hydrogens (tertiary/aromatic N) is 2. The van der Waals surface area contributed by atoms with Gasteiger partial charge in [0.25, 0.3) is 5.91 Å². The van der Waals surface area contributed by atoms with Crippen molar-refractivity contribution in [2.45, 2.75) is 12.8 Å². The molecule has 6 rings (SSSR count). The van der Waals surface area contributed by atoms with E-state index >= 15 is 0 Å². The number of amides is 1. The Morgan fingerprint density at radius 3 is 2.33 bits per heavy atom. The van der Waals surface area contributed by atoms with Crippen LogP contribution in [0.15, 0.2) is 78.9 Å². The Bertz CT molecular complexity index is 1440. The first-order chi connectivity index (χ1) is 17.7. The van der Waals surface area contributed by atoms with Crippen molar-refractivity contribution in [3.8, 4) is 22.8 Å². The molecule has 0 N–H and O–H groups in total. The number of benzene rings is 3. The molecule has 180 valence electrons. The van der Waals surface area contributed by atoms with Crippen LogP contribution in [0.4, 0.5) is 0 Å². The summed E-state index contributed by atoms with van der Waals surface area (Å²) < 4.78 is 11.2. The van der Waals surface area contributed by atoms with Crippen LogP contribution in [0.1, 0.15) is 33.6 Å². The van der Waals surface area contributed by atoms with Gasteiger partial charge in [-0.1, -0.05) is 48.5 Å². The molecular weight excluding hydrogens is 452 g/mol. The fourth-order valence-electron chi connectivity index (χ4n) is 5.06. The third-order valence-electron chi connectivity index (χ3n) is 7.00. The van der Waals surface area contributed by atoms with Gasteiger partial charge in [0.15, 0.2) is 17.3 Å². The molecule has 0 atom stereocenters. The topological polar surface area (TPSA) is 68.7 Å². The summed E-state index contributed by atoms with van der Waals surface area (Å²) in [4.78, 5) is 33.6. The Balaban J connectivity index is 1.21. The van der Waals surface area contributed by atoms with Crippen molar-refractivity contribution >= 4 is 22.6 Å². The normalized spacial score (nSPS) is 15.6. The molecule has 6 heteroatoms. The van der Waals surface area contributed by atoms with E-state index in [2.05, 4.69) is 0 Å². The van der Waals surface area contributed by atoms with Crippen LogP contribution in [0.5, 0.6) is 11.5 Å². The molecule has 4 aromatic rings. The quantitative estimate of drug-likeness (QED) is 0.367. The molecule has 1 saturated heterocycles. The molecule has 3 aromatic carbocycles. The van der Waals surface area contributed by atoms with Crippen LogP contribution in [0, 0.1) is 5.92 Å². The number of ketones is 1. The van der Waals surface area contributed by atoms with Gasteiger partial charge in [-0.15, -0.1) is 0 Å². The highest BCUT2D eigenvalue weighted by atomic mass is 16.6. The first-order valence-corrected chi connectivity index (χ1v) is 12.4. The van der Waals surface area contributed by atoms with E-state index in [0.717, 1.165) is 22.2 Å². The van der Waals surface area contributed by atoms with Crippen molar-refractivity contribution < 1.29 is 19.1 Å². The molecule has 0 bridgehead atoms. The second-order valence-electron chi connectivity index (χ2n) is 9.23. The molecule has 2 aliphatic heterocycles. The number of hydrogen-bond donors (Lipinski definition) is 0. The van der Waals surface area contributed by atoms with Gasteiger partial charge in [-0.25, -0.2) is 4.98 Å². The van der Waals surface area contributed by atoms with Crippen LogP contribution in [-0.2, 0) is 0 Å². The smallest absolute Gasteiger partial charge is 0.254 e. The van der Waals surface area contributed by atoms with Gasteiger partial charge in [-0.2, -0.15) is 0 Å². The van der Waals surface area contributed by atoms with E-state index in [1.54, 1.807) is 12.1 Å². The number of carbonyl (C=O) groups is 2. The van der Waals surface area contributed by atoms with Crippen molar-refractivity contribution in [2.24, 2.45) is 5.92 Å². The monoisotopic (exact) mass is 478 g/mol. The summed E-state index contributed by atoms with van der Waals surface area (Å²) in [7, 11) is 0. The zero-order chi connectivity index (χ0) is 24.5. The zero-order valence-electron chi connectivity index (χ0n) is 19.9. The van der Waals surface area contributed by atoms with Gasteiger partial charge in [-0.05, 0) is 43.2 Å². The van der Waals surface area contributed by atoms with E-state index in [0.29, 0.717) is 61.8 Å². The molecule has 3 heterocycles. The number of likely N-dealkylation sites (tertiary alicyclic amines) is 1. The number of piperidine rings is 1. The fraction of sp³-hybridized carbons (Fsp3) is 0.233. The summed E-state index contributed by atoms with van der Waals surface area (Å²) in [6.07, 6.45) is 1.27. The number of rotatable bonds is 4. The minimum absolute atomic E-state index is 0.0176. The molecule has 0 radical (unpaired) electrons. The Labute approximate surface area is 209 Å². The highest BCUT2D eigenvalue weighted by Crippen LogP contribution is 2.33. The Morgan fingerprint density at radius 2 is 1.53 bits per heavy atom. The number of aromatic nitrogens is 1. The maximum Gasteiger partial charge on any atom is 0.254 e. The average Bonchev–Trinajstić information content (AvgIpc) is 2.96.